The van der Waals surface area contributed by atoms with Gasteiger partial charge in [-0.3, -0.25) is 0 Å². The lowest BCUT2D eigenvalue weighted by Gasteiger charge is -2.24. The number of nitrogens with two attached hydrogens (primary N) is 1. The van der Waals surface area contributed by atoms with Gasteiger partial charge in [0, 0.05) is 26.9 Å². The summed E-state index contributed by atoms with van der Waals surface area (Å²) in [6.07, 6.45) is 1.58. The van der Waals surface area contributed by atoms with Crippen LogP contribution in [0.25, 0.3) is 0 Å². The van der Waals surface area contributed by atoms with Crippen LogP contribution in [-0.4, -0.2) is 46.1 Å². The molecule has 0 atom stereocenters. The van der Waals surface area contributed by atoms with Crippen molar-refractivity contribution in [2.45, 2.75) is 23.8 Å². The first-order chi connectivity index (χ1) is 9.43. The molecule has 0 saturated carbocycles. The Balaban J connectivity index is 2.27. The minimum atomic E-state index is -3.57. The van der Waals surface area contributed by atoms with E-state index >= 15 is 0 Å². The van der Waals surface area contributed by atoms with Crippen molar-refractivity contribution in [1.29, 1.82) is 0 Å². The Kier molecular flexibility index (Phi) is 4.52. The lowest BCUT2D eigenvalue weighted by atomic mass is 10.1. The van der Waals surface area contributed by atoms with E-state index < -0.39 is 10.0 Å². The highest BCUT2D eigenvalue weighted by atomic mass is 32.2. The van der Waals surface area contributed by atoms with Gasteiger partial charge in [-0.1, -0.05) is 6.07 Å². The second-order valence-electron chi connectivity index (χ2n) is 4.88. The molecule has 1 aliphatic rings. The lowest BCUT2D eigenvalue weighted by Crippen LogP contribution is -2.27. The van der Waals surface area contributed by atoms with E-state index in [-0.39, 0.29) is 16.7 Å². The van der Waals surface area contributed by atoms with Gasteiger partial charge < -0.3 is 15.2 Å². The summed E-state index contributed by atoms with van der Waals surface area (Å²) in [4.78, 5) is 0.0760. The zero-order valence-electron chi connectivity index (χ0n) is 11.7. The van der Waals surface area contributed by atoms with Crippen LogP contribution in [-0.2, 0) is 14.8 Å². The van der Waals surface area contributed by atoms with Gasteiger partial charge in [-0.15, -0.1) is 0 Å². The van der Waals surface area contributed by atoms with Crippen LogP contribution in [0.1, 0.15) is 12.8 Å². The van der Waals surface area contributed by atoms with Crippen LogP contribution in [0.5, 0.6) is 5.75 Å². The van der Waals surface area contributed by atoms with Crippen LogP contribution in [0.4, 0.5) is 5.69 Å². The van der Waals surface area contributed by atoms with Crippen molar-refractivity contribution in [2.75, 3.05) is 33.0 Å². The molecule has 7 heteroatoms. The fraction of sp³-hybridized carbons (Fsp3) is 0.538. The number of rotatable bonds is 4. The van der Waals surface area contributed by atoms with Gasteiger partial charge in [0.25, 0.3) is 0 Å². The average molecular weight is 300 g/mol. The maximum Gasteiger partial charge on any atom is 0.244 e. The first-order valence-electron chi connectivity index (χ1n) is 6.48. The van der Waals surface area contributed by atoms with E-state index in [0.717, 1.165) is 17.1 Å². The Bertz CT molecular complexity index is 566. The van der Waals surface area contributed by atoms with E-state index in [0.29, 0.717) is 19.0 Å². The molecule has 2 N–H and O–H groups in total. The number of para-hydroxylation sites is 1. The van der Waals surface area contributed by atoms with Gasteiger partial charge in [0.05, 0.1) is 18.9 Å². The Morgan fingerprint density at radius 2 is 1.95 bits per heavy atom. The Labute approximate surface area is 119 Å². The number of nitrogen functional groups attached to an aromatic ring is 1. The smallest absolute Gasteiger partial charge is 0.244 e. The Hall–Kier alpha value is -1.31. The normalized spacial score (nSPS) is 17.4. The van der Waals surface area contributed by atoms with Gasteiger partial charge in [-0.05, 0) is 12.1 Å². The largest absolute Gasteiger partial charge is 0.488 e. The van der Waals surface area contributed by atoms with E-state index in [2.05, 4.69) is 0 Å². The van der Waals surface area contributed by atoms with Gasteiger partial charge in [0.1, 0.15) is 16.7 Å². The van der Waals surface area contributed by atoms with Gasteiger partial charge in [-0.2, -0.15) is 0 Å². The second-order valence-corrected chi connectivity index (χ2v) is 7.01. The van der Waals surface area contributed by atoms with Crippen molar-refractivity contribution in [2.24, 2.45) is 0 Å². The third kappa shape index (κ3) is 3.05. The zero-order valence-corrected chi connectivity index (χ0v) is 12.5. The minimum Gasteiger partial charge on any atom is -0.488 e. The molecule has 1 aromatic rings. The quantitative estimate of drug-likeness (QED) is 0.841. The predicted molar refractivity (Wildman–Crippen MR) is 76.2 cm³/mol. The third-order valence-corrected chi connectivity index (χ3v) is 5.12. The van der Waals surface area contributed by atoms with E-state index in [1.165, 1.54) is 20.2 Å². The molecule has 1 heterocycles. The maximum atomic E-state index is 12.2. The summed E-state index contributed by atoms with van der Waals surface area (Å²) in [5.41, 5.74) is 6.12. The van der Waals surface area contributed by atoms with Crippen LogP contribution in [0.3, 0.4) is 0 Å². The number of anilines is 1. The van der Waals surface area contributed by atoms with Crippen LogP contribution in [0, 0.1) is 0 Å². The van der Waals surface area contributed by atoms with E-state index in [1.54, 1.807) is 12.1 Å². The molecule has 20 heavy (non-hydrogen) atoms. The van der Waals surface area contributed by atoms with Crippen LogP contribution >= 0.6 is 0 Å². The SMILES string of the molecule is CN(C)S(=O)(=O)c1cccc(OC2CCOCC2)c1N. The summed E-state index contributed by atoms with van der Waals surface area (Å²) < 4.78 is 36.5. The van der Waals surface area contributed by atoms with Crippen molar-refractivity contribution in [3.63, 3.8) is 0 Å². The van der Waals surface area contributed by atoms with Crippen molar-refractivity contribution < 1.29 is 17.9 Å². The highest BCUT2D eigenvalue weighted by Gasteiger charge is 2.24. The molecule has 112 valence electrons. The fourth-order valence-corrected chi connectivity index (χ4v) is 3.04. The molecule has 0 spiro atoms. The molecule has 1 aliphatic heterocycles. The number of hydrogen-bond acceptors (Lipinski definition) is 5. The van der Waals surface area contributed by atoms with Gasteiger partial charge in [-0.25, -0.2) is 12.7 Å². The summed E-state index contributed by atoms with van der Waals surface area (Å²) in [5, 5.41) is 0. The summed E-state index contributed by atoms with van der Waals surface area (Å²) in [7, 11) is -0.621. The second kappa shape index (κ2) is 5.99. The van der Waals surface area contributed by atoms with Crippen molar-refractivity contribution in [1.82, 2.24) is 4.31 Å². The number of nitrogens with zero attached hydrogens (tertiary/aromatic N) is 1. The highest BCUT2D eigenvalue weighted by molar-refractivity contribution is 7.89. The molecular formula is C13H20N2O4S. The van der Waals surface area contributed by atoms with E-state index in [1.807, 2.05) is 0 Å². The van der Waals surface area contributed by atoms with Gasteiger partial charge in [0.15, 0.2) is 0 Å². The molecule has 0 unspecified atom stereocenters. The fourth-order valence-electron chi connectivity index (χ4n) is 2.02. The number of ether oxygens (including phenoxy) is 2. The first kappa shape index (κ1) is 15.1. The maximum absolute atomic E-state index is 12.2. The molecule has 2 rings (SSSR count). The van der Waals surface area contributed by atoms with Gasteiger partial charge in [0.2, 0.25) is 10.0 Å². The molecular weight excluding hydrogens is 280 g/mol. The summed E-state index contributed by atoms with van der Waals surface area (Å²) >= 11 is 0. The summed E-state index contributed by atoms with van der Waals surface area (Å²) in [5.74, 6) is 0.417. The van der Waals surface area contributed by atoms with Crippen LogP contribution < -0.4 is 10.5 Å². The van der Waals surface area contributed by atoms with E-state index in [4.69, 9.17) is 15.2 Å². The van der Waals surface area contributed by atoms with Crippen LogP contribution in [0.2, 0.25) is 0 Å². The van der Waals surface area contributed by atoms with E-state index in [9.17, 15) is 8.42 Å². The third-order valence-electron chi connectivity index (χ3n) is 3.25. The molecule has 1 fully saturated rings. The molecule has 6 nitrogen and oxygen atoms in total. The van der Waals surface area contributed by atoms with Crippen molar-refractivity contribution >= 4 is 15.7 Å². The standard InChI is InChI=1S/C13H20N2O4S/c1-15(2)20(16,17)12-5-3-4-11(13(12)14)19-10-6-8-18-9-7-10/h3-5,10H,6-9,14H2,1-2H3. The molecule has 0 radical (unpaired) electrons. The zero-order chi connectivity index (χ0) is 14.8. The number of sulfonamides is 1. The molecule has 0 bridgehead atoms. The highest BCUT2D eigenvalue weighted by Crippen LogP contribution is 2.31. The monoisotopic (exact) mass is 300 g/mol. The molecule has 0 amide bonds. The Morgan fingerprint density at radius 1 is 1.30 bits per heavy atom. The lowest BCUT2D eigenvalue weighted by molar-refractivity contribution is 0.0258. The topological polar surface area (TPSA) is 81.9 Å². The Morgan fingerprint density at radius 3 is 2.55 bits per heavy atom. The molecule has 1 saturated heterocycles. The van der Waals surface area contributed by atoms with Gasteiger partial charge >= 0.3 is 0 Å². The predicted octanol–water partition coefficient (Wildman–Crippen LogP) is 1.08. The minimum absolute atomic E-state index is 0.0170. The molecule has 0 aromatic heterocycles. The van der Waals surface area contributed by atoms with Crippen molar-refractivity contribution in [3.05, 3.63) is 18.2 Å². The number of hydrogen-bond donors (Lipinski definition) is 1. The molecule has 0 aliphatic carbocycles. The average Bonchev–Trinajstić information content (AvgIpc) is 2.42. The molecule has 1 aromatic carbocycles. The summed E-state index contributed by atoms with van der Waals surface area (Å²) in [6, 6.07) is 4.82. The summed E-state index contributed by atoms with van der Waals surface area (Å²) in [6.45, 7) is 1.31. The van der Waals surface area contributed by atoms with Crippen molar-refractivity contribution in [3.8, 4) is 5.75 Å². The first-order valence-corrected chi connectivity index (χ1v) is 7.92. The van der Waals surface area contributed by atoms with Crippen LogP contribution in [0.15, 0.2) is 23.1 Å². The number of benzene rings is 1.